The molecule has 2 aromatic carbocycles. The standard InChI is InChI=1S/C16H18ClFN2/c1-19-10-12-7-5-9-15(18)16(12)20(2)11-13-6-3-4-8-14(13)17/h3-9,19H,10-11H2,1-2H3. The van der Waals surface area contributed by atoms with E-state index in [1.54, 1.807) is 6.07 Å². The van der Waals surface area contributed by atoms with Gasteiger partial charge in [-0.1, -0.05) is 41.9 Å². The Morgan fingerprint density at radius 3 is 2.50 bits per heavy atom. The topological polar surface area (TPSA) is 15.3 Å². The van der Waals surface area contributed by atoms with Crippen LogP contribution in [0.15, 0.2) is 42.5 Å². The molecule has 0 saturated carbocycles. The van der Waals surface area contributed by atoms with Gasteiger partial charge < -0.3 is 10.2 Å². The van der Waals surface area contributed by atoms with Gasteiger partial charge in [-0.3, -0.25) is 0 Å². The molecule has 2 nitrogen and oxygen atoms in total. The molecule has 0 fully saturated rings. The SMILES string of the molecule is CNCc1cccc(F)c1N(C)Cc1ccccc1Cl. The lowest BCUT2D eigenvalue weighted by Crippen LogP contribution is -2.21. The minimum atomic E-state index is -0.215. The van der Waals surface area contributed by atoms with E-state index < -0.39 is 0 Å². The van der Waals surface area contributed by atoms with Gasteiger partial charge in [0.05, 0.1) is 5.69 Å². The molecule has 0 aliphatic rings. The first-order chi connectivity index (χ1) is 9.63. The van der Waals surface area contributed by atoms with E-state index in [0.29, 0.717) is 23.8 Å². The molecule has 0 aliphatic carbocycles. The third-order valence-corrected chi connectivity index (χ3v) is 3.55. The van der Waals surface area contributed by atoms with Gasteiger partial charge in [-0.25, -0.2) is 4.39 Å². The molecule has 106 valence electrons. The lowest BCUT2D eigenvalue weighted by molar-refractivity contribution is 0.617. The summed E-state index contributed by atoms with van der Waals surface area (Å²) in [5.41, 5.74) is 2.53. The van der Waals surface area contributed by atoms with Gasteiger partial charge in [-0.05, 0) is 30.3 Å². The summed E-state index contributed by atoms with van der Waals surface area (Å²) in [5.74, 6) is -0.215. The van der Waals surface area contributed by atoms with E-state index in [-0.39, 0.29) is 5.82 Å². The first-order valence-electron chi connectivity index (χ1n) is 6.50. The number of hydrogen-bond donors (Lipinski definition) is 1. The number of anilines is 1. The molecule has 0 amide bonds. The Hall–Kier alpha value is -1.58. The number of nitrogens with zero attached hydrogens (tertiary/aromatic N) is 1. The number of hydrogen-bond acceptors (Lipinski definition) is 2. The second kappa shape index (κ2) is 6.73. The fraction of sp³-hybridized carbons (Fsp3) is 0.250. The average Bonchev–Trinajstić information content (AvgIpc) is 2.42. The van der Waals surface area contributed by atoms with E-state index in [2.05, 4.69) is 5.32 Å². The van der Waals surface area contributed by atoms with Crippen molar-refractivity contribution >= 4 is 17.3 Å². The van der Waals surface area contributed by atoms with Crippen molar-refractivity contribution in [3.8, 4) is 0 Å². The summed E-state index contributed by atoms with van der Waals surface area (Å²) in [5, 5.41) is 3.76. The summed E-state index contributed by atoms with van der Waals surface area (Å²) in [6.45, 7) is 1.19. The van der Waals surface area contributed by atoms with E-state index >= 15 is 0 Å². The van der Waals surface area contributed by atoms with E-state index in [1.807, 2.05) is 49.3 Å². The zero-order valence-corrected chi connectivity index (χ0v) is 12.4. The van der Waals surface area contributed by atoms with Crippen LogP contribution in [0.1, 0.15) is 11.1 Å². The molecule has 0 aliphatic heterocycles. The van der Waals surface area contributed by atoms with Crippen molar-refractivity contribution in [1.29, 1.82) is 0 Å². The molecule has 0 atom stereocenters. The van der Waals surface area contributed by atoms with Gasteiger partial charge in [-0.2, -0.15) is 0 Å². The second-order valence-electron chi connectivity index (χ2n) is 4.73. The normalized spacial score (nSPS) is 10.6. The highest BCUT2D eigenvalue weighted by Gasteiger charge is 2.13. The zero-order chi connectivity index (χ0) is 14.5. The minimum absolute atomic E-state index is 0.215. The summed E-state index contributed by atoms with van der Waals surface area (Å²) in [7, 11) is 3.73. The molecule has 0 heterocycles. The predicted octanol–water partition coefficient (Wildman–Crippen LogP) is 3.83. The van der Waals surface area contributed by atoms with Gasteiger partial charge in [0, 0.05) is 25.2 Å². The van der Waals surface area contributed by atoms with Crippen molar-refractivity contribution in [3.63, 3.8) is 0 Å². The average molecular weight is 293 g/mol. The van der Waals surface area contributed by atoms with Gasteiger partial charge in [0.15, 0.2) is 0 Å². The number of nitrogens with one attached hydrogen (secondary N) is 1. The highest BCUT2D eigenvalue weighted by atomic mass is 35.5. The molecular weight excluding hydrogens is 275 g/mol. The maximum atomic E-state index is 14.1. The van der Waals surface area contributed by atoms with Crippen LogP contribution in [0.2, 0.25) is 5.02 Å². The molecule has 2 aromatic rings. The Morgan fingerprint density at radius 1 is 1.10 bits per heavy atom. The van der Waals surface area contributed by atoms with Crippen LogP contribution in [0.3, 0.4) is 0 Å². The van der Waals surface area contributed by atoms with Gasteiger partial charge in [0.25, 0.3) is 0 Å². The van der Waals surface area contributed by atoms with Gasteiger partial charge >= 0.3 is 0 Å². The van der Waals surface area contributed by atoms with Crippen LogP contribution in [0.25, 0.3) is 0 Å². The van der Waals surface area contributed by atoms with Crippen LogP contribution in [0, 0.1) is 5.82 Å². The van der Waals surface area contributed by atoms with E-state index in [4.69, 9.17) is 11.6 Å². The van der Waals surface area contributed by atoms with Gasteiger partial charge in [0.1, 0.15) is 5.82 Å². The van der Waals surface area contributed by atoms with E-state index in [9.17, 15) is 4.39 Å². The summed E-state index contributed by atoms with van der Waals surface area (Å²) in [6, 6.07) is 12.8. The first-order valence-corrected chi connectivity index (χ1v) is 6.88. The summed E-state index contributed by atoms with van der Waals surface area (Å²) < 4.78 is 14.1. The Labute approximate surface area is 124 Å². The number of rotatable bonds is 5. The number of benzene rings is 2. The maximum absolute atomic E-state index is 14.1. The van der Waals surface area contributed by atoms with Gasteiger partial charge in [-0.15, -0.1) is 0 Å². The predicted molar refractivity (Wildman–Crippen MR) is 82.7 cm³/mol. The molecule has 0 spiro atoms. The Kier molecular flexibility index (Phi) is 4.99. The van der Waals surface area contributed by atoms with Crippen LogP contribution >= 0.6 is 11.6 Å². The third-order valence-electron chi connectivity index (χ3n) is 3.18. The smallest absolute Gasteiger partial charge is 0.146 e. The Morgan fingerprint density at radius 2 is 1.80 bits per heavy atom. The quantitative estimate of drug-likeness (QED) is 0.901. The molecule has 0 saturated heterocycles. The van der Waals surface area contributed by atoms with Crippen molar-refractivity contribution in [3.05, 3.63) is 64.4 Å². The fourth-order valence-electron chi connectivity index (χ4n) is 2.28. The first kappa shape index (κ1) is 14.8. The Balaban J connectivity index is 2.29. The van der Waals surface area contributed by atoms with Gasteiger partial charge in [0.2, 0.25) is 0 Å². The summed E-state index contributed by atoms with van der Waals surface area (Å²) in [4.78, 5) is 1.89. The molecule has 1 N–H and O–H groups in total. The van der Waals surface area contributed by atoms with Crippen molar-refractivity contribution in [2.45, 2.75) is 13.1 Å². The maximum Gasteiger partial charge on any atom is 0.146 e. The summed E-state index contributed by atoms with van der Waals surface area (Å²) in [6.07, 6.45) is 0. The lowest BCUT2D eigenvalue weighted by atomic mass is 10.1. The summed E-state index contributed by atoms with van der Waals surface area (Å²) >= 11 is 6.16. The zero-order valence-electron chi connectivity index (χ0n) is 11.7. The lowest BCUT2D eigenvalue weighted by Gasteiger charge is -2.23. The largest absolute Gasteiger partial charge is 0.368 e. The highest BCUT2D eigenvalue weighted by molar-refractivity contribution is 6.31. The monoisotopic (exact) mass is 292 g/mol. The van der Waals surface area contributed by atoms with Crippen LogP contribution in [-0.2, 0) is 13.1 Å². The molecule has 0 radical (unpaired) electrons. The van der Waals surface area contributed by atoms with Crippen molar-refractivity contribution in [1.82, 2.24) is 5.32 Å². The van der Waals surface area contributed by atoms with E-state index in [0.717, 1.165) is 11.1 Å². The second-order valence-corrected chi connectivity index (χ2v) is 5.13. The van der Waals surface area contributed by atoms with Crippen LogP contribution in [0.5, 0.6) is 0 Å². The van der Waals surface area contributed by atoms with E-state index in [1.165, 1.54) is 6.07 Å². The van der Waals surface area contributed by atoms with Crippen LogP contribution in [-0.4, -0.2) is 14.1 Å². The molecular formula is C16H18ClFN2. The highest BCUT2D eigenvalue weighted by Crippen LogP contribution is 2.26. The van der Waals surface area contributed by atoms with Crippen molar-refractivity contribution in [2.24, 2.45) is 0 Å². The molecule has 2 rings (SSSR count). The molecule has 20 heavy (non-hydrogen) atoms. The number of halogens is 2. The third kappa shape index (κ3) is 3.30. The molecule has 4 heteroatoms. The van der Waals surface area contributed by atoms with Crippen LogP contribution in [0.4, 0.5) is 10.1 Å². The van der Waals surface area contributed by atoms with Crippen LogP contribution < -0.4 is 10.2 Å². The fourth-order valence-corrected chi connectivity index (χ4v) is 2.48. The molecule has 0 bridgehead atoms. The number of para-hydroxylation sites is 1. The van der Waals surface area contributed by atoms with Crippen molar-refractivity contribution in [2.75, 3.05) is 19.0 Å². The Bertz CT molecular complexity index is 586. The van der Waals surface area contributed by atoms with Crippen molar-refractivity contribution < 1.29 is 4.39 Å². The molecule has 0 aromatic heterocycles. The minimum Gasteiger partial charge on any atom is -0.368 e. The molecule has 0 unspecified atom stereocenters.